The Morgan fingerprint density at radius 3 is 2.94 bits per heavy atom. The molecule has 0 aliphatic rings. The van der Waals surface area contributed by atoms with Gasteiger partial charge >= 0.3 is 0 Å². The zero-order valence-electron chi connectivity index (χ0n) is 8.72. The molecule has 84 valence electrons. The van der Waals surface area contributed by atoms with E-state index in [2.05, 4.69) is 9.97 Å². The molecule has 1 aromatic carbocycles. The second-order valence-corrected chi connectivity index (χ2v) is 4.63. The van der Waals surface area contributed by atoms with Crippen LogP contribution in [0, 0.1) is 5.82 Å². The molecule has 3 rings (SSSR count). The van der Waals surface area contributed by atoms with Gasteiger partial charge in [-0.3, -0.25) is 4.98 Å². The number of thiazole rings is 1. The Labute approximate surface area is 101 Å². The molecule has 0 atom stereocenters. The number of nitrogens with zero attached hydrogens (tertiary/aromatic N) is 2. The number of nitrogen functional groups attached to an aromatic ring is 1. The third-order valence-corrected chi connectivity index (χ3v) is 3.48. The minimum absolute atomic E-state index is 0.314. The average Bonchev–Trinajstić information content (AvgIpc) is 2.75. The quantitative estimate of drug-likeness (QED) is 0.670. The van der Waals surface area contributed by atoms with Crippen LogP contribution in [0.15, 0.2) is 36.7 Å². The largest absolute Gasteiger partial charge is 0.399 e. The van der Waals surface area contributed by atoms with Crippen LogP contribution in [0.4, 0.5) is 10.1 Å². The minimum atomic E-state index is -0.314. The lowest BCUT2D eigenvalue weighted by atomic mass is 10.2. The maximum Gasteiger partial charge on any atom is 0.133 e. The van der Waals surface area contributed by atoms with E-state index in [0.29, 0.717) is 16.3 Å². The number of fused-ring (bicyclic) bond motifs is 1. The van der Waals surface area contributed by atoms with Crippen LogP contribution < -0.4 is 5.73 Å². The van der Waals surface area contributed by atoms with Crippen molar-refractivity contribution >= 4 is 27.2 Å². The molecule has 0 fully saturated rings. The van der Waals surface area contributed by atoms with E-state index in [-0.39, 0.29) is 5.82 Å². The fourth-order valence-corrected chi connectivity index (χ4v) is 2.55. The van der Waals surface area contributed by atoms with Crippen molar-refractivity contribution in [3.63, 3.8) is 0 Å². The average molecular weight is 245 g/mol. The highest BCUT2D eigenvalue weighted by molar-refractivity contribution is 7.21. The topological polar surface area (TPSA) is 51.8 Å². The molecule has 2 heterocycles. The van der Waals surface area contributed by atoms with Crippen LogP contribution in [0.1, 0.15) is 0 Å². The molecule has 0 spiro atoms. The van der Waals surface area contributed by atoms with E-state index in [1.807, 2.05) is 6.07 Å². The number of hydrogen-bond acceptors (Lipinski definition) is 4. The second-order valence-electron chi connectivity index (χ2n) is 3.60. The van der Waals surface area contributed by atoms with Crippen LogP contribution in [0.25, 0.3) is 20.8 Å². The smallest absolute Gasteiger partial charge is 0.133 e. The summed E-state index contributed by atoms with van der Waals surface area (Å²) in [4.78, 5) is 8.33. The Morgan fingerprint density at radius 1 is 1.24 bits per heavy atom. The van der Waals surface area contributed by atoms with Crippen LogP contribution >= 0.6 is 11.3 Å². The normalized spacial score (nSPS) is 10.9. The van der Waals surface area contributed by atoms with Gasteiger partial charge in [0.25, 0.3) is 0 Å². The van der Waals surface area contributed by atoms with Gasteiger partial charge in [0.2, 0.25) is 0 Å². The van der Waals surface area contributed by atoms with Crippen molar-refractivity contribution in [1.29, 1.82) is 0 Å². The molecule has 0 aliphatic carbocycles. The molecule has 0 amide bonds. The fourth-order valence-electron chi connectivity index (χ4n) is 1.60. The lowest BCUT2D eigenvalue weighted by Crippen LogP contribution is -1.88. The van der Waals surface area contributed by atoms with E-state index in [9.17, 15) is 4.39 Å². The predicted octanol–water partition coefficient (Wildman–Crippen LogP) is 3.08. The number of aromatic nitrogens is 2. The van der Waals surface area contributed by atoms with Crippen LogP contribution in [0.3, 0.4) is 0 Å². The molecular formula is C12H8FN3S. The van der Waals surface area contributed by atoms with E-state index in [4.69, 9.17) is 5.73 Å². The first-order chi connectivity index (χ1) is 8.24. The van der Waals surface area contributed by atoms with E-state index in [1.165, 1.54) is 23.5 Å². The molecule has 0 saturated carbocycles. The highest BCUT2D eigenvalue weighted by Gasteiger charge is 2.10. The Bertz CT molecular complexity index is 660. The Hall–Kier alpha value is -2.01. The Kier molecular flexibility index (Phi) is 2.26. The molecule has 5 heteroatoms. The van der Waals surface area contributed by atoms with Gasteiger partial charge in [-0.15, -0.1) is 11.3 Å². The summed E-state index contributed by atoms with van der Waals surface area (Å²) < 4.78 is 14.7. The predicted molar refractivity (Wildman–Crippen MR) is 67.2 cm³/mol. The van der Waals surface area contributed by atoms with E-state index in [1.54, 1.807) is 18.5 Å². The van der Waals surface area contributed by atoms with Gasteiger partial charge in [-0.1, -0.05) is 0 Å². The first-order valence-electron chi connectivity index (χ1n) is 5.00. The van der Waals surface area contributed by atoms with Crippen LogP contribution in [-0.2, 0) is 0 Å². The molecule has 0 radical (unpaired) electrons. The van der Waals surface area contributed by atoms with E-state index >= 15 is 0 Å². The van der Waals surface area contributed by atoms with Crippen LogP contribution in [0.5, 0.6) is 0 Å². The number of pyridine rings is 1. The van der Waals surface area contributed by atoms with E-state index < -0.39 is 0 Å². The van der Waals surface area contributed by atoms with Crippen molar-refractivity contribution in [3.05, 3.63) is 42.5 Å². The number of benzene rings is 1. The van der Waals surface area contributed by atoms with Crippen molar-refractivity contribution in [2.24, 2.45) is 0 Å². The van der Waals surface area contributed by atoms with Gasteiger partial charge in [-0.25, -0.2) is 9.37 Å². The van der Waals surface area contributed by atoms with Gasteiger partial charge in [-0.05, 0) is 24.3 Å². The minimum Gasteiger partial charge on any atom is -0.399 e. The first-order valence-corrected chi connectivity index (χ1v) is 5.81. The van der Waals surface area contributed by atoms with Gasteiger partial charge in [0.1, 0.15) is 16.3 Å². The summed E-state index contributed by atoms with van der Waals surface area (Å²) in [5.41, 5.74) is 7.39. The third-order valence-electron chi connectivity index (χ3n) is 2.41. The van der Waals surface area contributed by atoms with Gasteiger partial charge in [-0.2, -0.15) is 0 Å². The van der Waals surface area contributed by atoms with Gasteiger partial charge in [0, 0.05) is 17.4 Å². The van der Waals surface area contributed by atoms with Crippen molar-refractivity contribution in [2.75, 3.05) is 5.73 Å². The number of rotatable bonds is 1. The van der Waals surface area contributed by atoms with Gasteiger partial charge in [0.15, 0.2) is 0 Å². The monoisotopic (exact) mass is 245 g/mol. The second kappa shape index (κ2) is 3.78. The SMILES string of the molecule is Nc1ccc(F)c(-c2nc3cnccc3s2)c1. The fraction of sp³-hybridized carbons (Fsp3) is 0. The number of hydrogen-bond donors (Lipinski definition) is 1. The number of nitrogens with two attached hydrogens (primary N) is 1. The first kappa shape index (κ1) is 10.2. The zero-order valence-corrected chi connectivity index (χ0v) is 9.54. The van der Waals surface area contributed by atoms with Crippen molar-refractivity contribution in [3.8, 4) is 10.6 Å². The number of halogens is 1. The highest BCUT2D eigenvalue weighted by atomic mass is 32.1. The molecule has 0 aliphatic heterocycles. The van der Waals surface area contributed by atoms with E-state index in [0.717, 1.165) is 10.2 Å². The summed E-state index contributed by atoms with van der Waals surface area (Å²) in [5, 5.41) is 0.623. The Morgan fingerprint density at radius 2 is 2.12 bits per heavy atom. The zero-order chi connectivity index (χ0) is 11.8. The maximum absolute atomic E-state index is 13.7. The van der Waals surface area contributed by atoms with Crippen LogP contribution in [-0.4, -0.2) is 9.97 Å². The summed E-state index contributed by atoms with van der Waals surface area (Å²) in [5.74, 6) is -0.314. The third kappa shape index (κ3) is 1.74. The summed E-state index contributed by atoms with van der Waals surface area (Å²) in [6, 6.07) is 6.35. The highest BCUT2D eigenvalue weighted by Crippen LogP contribution is 2.32. The molecule has 0 bridgehead atoms. The molecule has 2 aromatic heterocycles. The van der Waals surface area contributed by atoms with Crippen LogP contribution in [0.2, 0.25) is 0 Å². The lowest BCUT2D eigenvalue weighted by Gasteiger charge is -1.99. The maximum atomic E-state index is 13.7. The molecule has 3 aromatic rings. The van der Waals surface area contributed by atoms with Crippen molar-refractivity contribution in [2.45, 2.75) is 0 Å². The molecule has 0 saturated heterocycles. The Balaban J connectivity index is 2.23. The molecule has 0 unspecified atom stereocenters. The van der Waals surface area contributed by atoms with Gasteiger partial charge < -0.3 is 5.73 Å². The summed E-state index contributed by atoms with van der Waals surface area (Å²) in [6.07, 6.45) is 3.36. The summed E-state index contributed by atoms with van der Waals surface area (Å²) in [6.45, 7) is 0. The number of anilines is 1. The molecule has 3 nitrogen and oxygen atoms in total. The standard InChI is InChI=1S/C12H8FN3S/c13-9-2-1-7(14)5-8(9)12-16-10-6-15-4-3-11(10)17-12/h1-6H,14H2. The molecule has 17 heavy (non-hydrogen) atoms. The lowest BCUT2D eigenvalue weighted by molar-refractivity contribution is 0.631. The summed E-state index contributed by atoms with van der Waals surface area (Å²) >= 11 is 1.43. The van der Waals surface area contributed by atoms with Crippen molar-refractivity contribution < 1.29 is 4.39 Å². The molecular weight excluding hydrogens is 237 g/mol. The molecule has 2 N–H and O–H groups in total. The summed E-state index contributed by atoms with van der Waals surface area (Å²) in [7, 11) is 0. The van der Waals surface area contributed by atoms with Crippen molar-refractivity contribution in [1.82, 2.24) is 9.97 Å². The van der Waals surface area contributed by atoms with Gasteiger partial charge in [0.05, 0.1) is 10.9 Å².